The Kier molecular flexibility index (Phi) is 4.74. The molecule has 1 aliphatic rings. The summed E-state index contributed by atoms with van der Waals surface area (Å²) in [6, 6.07) is 14.6. The summed E-state index contributed by atoms with van der Waals surface area (Å²) in [5, 5.41) is 0. The number of methoxy groups -OCH3 is 1. The second-order valence-corrected chi connectivity index (χ2v) is 6.17. The Morgan fingerprint density at radius 2 is 1.80 bits per heavy atom. The van der Waals surface area contributed by atoms with E-state index >= 15 is 0 Å². The van der Waals surface area contributed by atoms with Crippen molar-refractivity contribution in [3.8, 4) is 5.75 Å². The minimum atomic E-state index is -0.627. The molecule has 2 atom stereocenters. The number of amides is 1. The van der Waals surface area contributed by atoms with Crippen molar-refractivity contribution in [1.29, 1.82) is 0 Å². The number of hydrogen-bond acceptors (Lipinski definition) is 4. The lowest BCUT2D eigenvalue weighted by Gasteiger charge is -2.26. The van der Waals surface area contributed by atoms with Crippen LogP contribution in [0.4, 0.5) is 5.69 Å². The van der Waals surface area contributed by atoms with E-state index in [1.54, 1.807) is 31.2 Å². The molecule has 0 saturated heterocycles. The third-order valence-electron chi connectivity index (χ3n) is 4.38. The van der Waals surface area contributed by atoms with Gasteiger partial charge in [0.1, 0.15) is 5.75 Å². The molecule has 3 rings (SSSR count). The van der Waals surface area contributed by atoms with Crippen molar-refractivity contribution in [2.75, 3.05) is 12.0 Å². The molecule has 0 bridgehead atoms. The standard InChI is InChI=1S/C20H21NO4/c1-13-12-16-6-4-5-7-18(16)21(13)19(22)14(2)25-17-10-8-15(9-11-17)20(23)24-3/h4-11,13-14H,12H2,1-3H3. The van der Waals surface area contributed by atoms with E-state index in [1.807, 2.05) is 30.0 Å². The van der Waals surface area contributed by atoms with Gasteiger partial charge in [-0.3, -0.25) is 4.79 Å². The Morgan fingerprint density at radius 1 is 1.12 bits per heavy atom. The van der Waals surface area contributed by atoms with E-state index in [9.17, 15) is 9.59 Å². The summed E-state index contributed by atoms with van der Waals surface area (Å²) < 4.78 is 10.4. The summed E-state index contributed by atoms with van der Waals surface area (Å²) in [7, 11) is 1.34. The number of esters is 1. The fraction of sp³-hybridized carbons (Fsp3) is 0.300. The van der Waals surface area contributed by atoms with Gasteiger partial charge in [0.15, 0.2) is 6.10 Å². The number of carbonyl (C=O) groups excluding carboxylic acids is 2. The molecule has 0 fully saturated rings. The number of rotatable bonds is 4. The Balaban J connectivity index is 1.72. The Morgan fingerprint density at radius 3 is 2.48 bits per heavy atom. The van der Waals surface area contributed by atoms with E-state index in [0.717, 1.165) is 12.1 Å². The molecule has 2 aromatic rings. The van der Waals surface area contributed by atoms with Crippen molar-refractivity contribution in [2.45, 2.75) is 32.4 Å². The zero-order chi connectivity index (χ0) is 18.0. The number of anilines is 1. The van der Waals surface area contributed by atoms with Crippen molar-refractivity contribution in [3.05, 3.63) is 59.7 Å². The Bertz CT molecular complexity index is 785. The zero-order valence-electron chi connectivity index (χ0n) is 14.6. The minimum Gasteiger partial charge on any atom is -0.481 e. The number of nitrogens with zero attached hydrogens (tertiary/aromatic N) is 1. The summed E-state index contributed by atoms with van der Waals surface area (Å²) in [5.74, 6) is 0.0568. The molecule has 0 aliphatic carbocycles. The van der Waals surface area contributed by atoms with E-state index in [2.05, 4.69) is 10.8 Å². The highest BCUT2D eigenvalue weighted by Gasteiger charge is 2.33. The van der Waals surface area contributed by atoms with Crippen LogP contribution < -0.4 is 9.64 Å². The third kappa shape index (κ3) is 3.36. The molecule has 0 spiro atoms. The molecule has 2 aromatic carbocycles. The fourth-order valence-electron chi connectivity index (χ4n) is 3.14. The fourth-order valence-corrected chi connectivity index (χ4v) is 3.14. The monoisotopic (exact) mass is 339 g/mol. The first kappa shape index (κ1) is 17.0. The summed E-state index contributed by atoms with van der Waals surface area (Å²) in [6.07, 6.45) is 0.222. The molecule has 2 unspecified atom stereocenters. The number of hydrogen-bond donors (Lipinski definition) is 0. The number of ether oxygens (including phenoxy) is 2. The van der Waals surface area contributed by atoms with Crippen LogP contribution >= 0.6 is 0 Å². The zero-order valence-corrected chi connectivity index (χ0v) is 14.6. The van der Waals surface area contributed by atoms with Crippen LogP contribution in [0.1, 0.15) is 29.8 Å². The number of para-hydroxylation sites is 1. The number of fused-ring (bicyclic) bond motifs is 1. The smallest absolute Gasteiger partial charge is 0.337 e. The van der Waals surface area contributed by atoms with E-state index in [0.29, 0.717) is 11.3 Å². The molecule has 0 aromatic heterocycles. The van der Waals surface area contributed by atoms with Crippen LogP contribution in [-0.4, -0.2) is 31.1 Å². The lowest BCUT2D eigenvalue weighted by molar-refractivity contribution is -0.124. The molecule has 1 heterocycles. The van der Waals surface area contributed by atoms with Crippen LogP contribution in [0, 0.1) is 0 Å². The van der Waals surface area contributed by atoms with E-state index in [4.69, 9.17) is 4.74 Å². The highest BCUT2D eigenvalue weighted by Crippen LogP contribution is 2.32. The second kappa shape index (κ2) is 6.97. The first-order valence-corrected chi connectivity index (χ1v) is 8.27. The first-order chi connectivity index (χ1) is 12.0. The normalized spacial score (nSPS) is 16.9. The van der Waals surface area contributed by atoms with Crippen LogP contribution in [-0.2, 0) is 16.0 Å². The molecule has 0 radical (unpaired) electrons. The van der Waals surface area contributed by atoms with E-state index in [1.165, 1.54) is 12.7 Å². The highest BCUT2D eigenvalue weighted by atomic mass is 16.5. The van der Waals surface area contributed by atoms with Crippen LogP contribution in [0.15, 0.2) is 48.5 Å². The highest BCUT2D eigenvalue weighted by molar-refractivity contribution is 5.99. The average molecular weight is 339 g/mol. The molecule has 5 heteroatoms. The molecule has 130 valence electrons. The van der Waals surface area contributed by atoms with Crippen LogP contribution in [0.2, 0.25) is 0 Å². The molecule has 1 aliphatic heterocycles. The molecular weight excluding hydrogens is 318 g/mol. The number of benzene rings is 2. The van der Waals surface area contributed by atoms with Crippen molar-refractivity contribution < 1.29 is 19.1 Å². The predicted octanol–water partition coefficient (Wildman–Crippen LogP) is 3.22. The molecule has 5 nitrogen and oxygen atoms in total. The summed E-state index contributed by atoms with van der Waals surface area (Å²) in [5.41, 5.74) is 2.57. The van der Waals surface area contributed by atoms with Gasteiger partial charge in [-0.2, -0.15) is 0 Å². The third-order valence-corrected chi connectivity index (χ3v) is 4.38. The Labute approximate surface area is 147 Å². The maximum absolute atomic E-state index is 12.9. The minimum absolute atomic E-state index is 0.0745. The van der Waals surface area contributed by atoms with Gasteiger partial charge in [-0.1, -0.05) is 18.2 Å². The van der Waals surface area contributed by atoms with Gasteiger partial charge in [-0.15, -0.1) is 0 Å². The quantitative estimate of drug-likeness (QED) is 0.803. The van der Waals surface area contributed by atoms with Crippen LogP contribution in [0.5, 0.6) is 5.75 Å². The van der Waals surface area contributed by atoms with Gasteiger partial charge in [0.05, 0.1) is 12.7 Å². The maximum atomic E-state index is 12.9. The van der Waals surface area contributed by atoms with E-state index < -0.39 is 12.1 Å². The average Bonchev–Trinajstić information content (AvgIpc) is 2.96. The van der Waals surface area contributed by atoms with Gasteiger partial charge in [0, 0.05) is 11.7 Å². The van der Waals surface area contributed by atoms with Crippen molar-refractivity contribution in [3.63, 3.8) is 0 Å². The molecule has 0 N–H and O–H groups in total. The lowest BCUT2D eigenvalue weighted by Crippen LogP contribution is -2.43. The van der Waals surface area contributed by atoms with Gasteiger partial charge in [-0.25, -0.2) is 4.79 Å². The lowest BCUT2D eigenvalue weighted by atomic mass is 10.1. The van der Waals surface area contributed by atoms with Gasteiger partial charge in [0.2, 0.25) is 0 Å². The topological polar surface area (TPSA) is 55.8 Å². The SMILES string of the molecule is COC(=O)c1ccc(OC(C)C(=O)N2c3ccccc3CC2C)cc1. The first-order valence-electron chi connectivity index (χ1n) is 8.27. The van der Waals surface area contributed by atoms with Gasteiger partial charge >= 0.3 is 5.97 Å². The second-order valence-electron chi connectivity index (χ2n) is 6.17. The van der Waals surface area contributed by atoms with Crippen molar-refractivity contribution in [2.24, 2.45) is 0 Å². The summed E-state index contributed by atoms with van der Waals surface area (Å²) in [4.78, 5) is 26.1. The van der Waals surface area contributed by atoms with E-state index in [-0.39, 0.29) is 11.9 Å². The van der Waals surface area contributed by atoms with Gasteiger partial charge in [0.25, 0.3) is 5.91 Å². The van der Waals surface area contributed by atoms with Gasteiger partial charge in [-0.05, 0) is 56.2 Å². The molecular formula is C20H21NO4. The number of carbonyl (C=O) groups is 2. The Hall–Kier alpha value is -2.82. The van der Waals surface area contributed by atoms with Crippen molar-refractivity contribution in [1.82, 2.24) is 0 Å². The summed E-state index contributed by atoms with van der Waals surface area (Å²) >= 11 is 0. The van der Waals surface area contributed by atoms with Gasteiger partial charge < -0.3 is 14.4 Å². The molecule has 1 amide bonds. The predicted molar refractivity (Wildman–Crippen MR) is 95.0 cm³/mol. The largest absolute Gasteiger partial charge is 0.481 e. The maximum Gasteiger partial charge on any atom is 0.337 e. The van der Waals surface area contributed by atoms with Crippen molar-refractivity contribution >= 4 is 17.6 Å². The molecule has 0 saturated carbocycles. The summed E-state index contributed by atoms with van der Waals surface area (Å²) in [6.45, 7) is 3.78. The van der Waals surface area contributed by atoms with Crippen LogP contribution in [0.3, 0.4) is 0 Å². The molecule has 25 heavy (non-hydrogen) atoms. The van der Waals surface area contributed by atoms with Crippen LogP contribution in [0.25, 0.3) is 0 Å².